The van der Waals surface area contributed by atoms with Crippen LogP contribution >= 0.6 is 0 Å². The second-order valence-corrected chi connectivity index (χ2v) is 7.26. The van der Waals surface area contributed by atoms with E-state index in [2.05, 4.69) is 37.4 Å². The molecule has 0 unspecified atom stereocenters. The number of hydrogen-bond donors (Lipinski definition) is 1. The van der Waals surface area contributed by atoms with Gasteiger partial charge in [0.15, 0.2) is 0 Å². The van der Waals surface area contributed by atoms with Crippen molar-refractivity contribution in [2.24, 2.45) is 17.8 Å². The highest BCUT2D eigenvalue weighted by atomic mass is 32.2. The summed E-state index contributed by atoms with van der Waals surface area (Å²) >= 11 is 0. The summed E-state index contributed by atoms with van der Waals surface area (Å²) in [5.41, 5.74) is 0.200. The average molecular weight is 295 g/mol. The lowest BCUT2D eigenvalue weighted by Gasteiger charge is -2.24. The van der Waals surface area contributed by atoms with E-state index in [0.29, 0.717) is 18.4 Å². The van der Waals surface area contributed by atoms with Gasteiger partial charge in [0.25, 0.3) is 0 Å². The van der Waals surface area contributed by atoms with Crippen LogP contribution in [0.15, 0.2) is 23.2 Å². The zero-order valence-corrected chi connectivity index (χ0v) is 13.1. The highest BCUT2D eigenvalue weighted by Gasteiger charge is 2.21. The molecule has 0 radical (unpaired) electrons. The Morgan fingerprint density at radius 3 is 2.25 bits per heavy atom. The Morgan fingerprint density at radius 1 is 1.25 bits per heavy atom. The van der Waals surface area contributed by atoms with E-state index in [9.17, 15) is 8.42 Å². The fraction of sp³-hybridized carbons (Fsp3) is 0.571. The predicted molar refractivity (Wildman–Crippen MR) is 77.3 cm³/mol. The third-order valence-electron chi connectivity index (χ3n) is 3.38. The van der Waals surface area contributed by atoms with Crippen molar-refractivity contribution >= 4 is 10.0 Å². The van der Waals surface area contributed by atoms with E-state index >= 15 is 0 Å². The topological polar surface area (TPSA) is 82.9 Å². The highest BCUT2D eigenvalue weighted by molar-refractivity contribution is 7.89. The van der Waals surface area contributed by atoms with Gasteiger partial charge in [-0.05, 0) is 29.9 Å². The van der Waals surface area contributed by atoms with Gasteiger partial charge in [0.1, 0.15) is 16.7 Å². The van der Waals surface area contributed by atoms with Crippen LogP contribution in [0, 0.1) is 29.1 Å². The number of nitrogens with zero attached hydrogens (tertiary/aromatic N) is 2. The molecule has 0 amide bonds. The first-order chi connectivity index (χ1) is 9.27. The van der Waals surface area contributed by atoms with E-state index in [1.165, 1.54) is 18.3 Å². The van der Waals surface area contributed by atoms with Gasteiger partial charge < -0.3 is 0 Å². The van der Waals surface area contributed by atoms with Crippen molar-refractivity contribution in [2.45, 2.75) is 32.6 Å². The number of aromatic nitrogens is 1. The van der Waals surface area contributed by atoms with E-state index in [-0.39, 0.29) is 16.5 Å². The first-order valence-electron chi connectivity index (χ1n) is 6.63. The Labute approximate surface area is 121 Å². The van der Waals surface area contributed by atoms with Crippen LogP contribution in [0.25, 0.3) is 0 Å². The molecular weight excluding hydrogens is 274 g/mol. The van der Waals surface area contributed by atoms with Gasteiger partial charge in [0.2, 0.25) is 10.0 Å². The summed E-state index contributed by atoms with van der Waals surface area (Å²) in [6, 6.07) is 4.66. The number of nitriles is 1. The van der Waals surface area contributed by atoms with Crippen molar-refractivity contribution in [1.29, 1.82) is 5.26 Å². The Balaban J connectivity index is 2.82. The van der Waals surface area contributed by atoms with Gasteiger partial charge in [-0.15, -0.1) is 0 Å². The summed E-state index contributed by atoms with van der Waals surface area (Å²) in [5, 5.41) is 8.65. The van der Waals surface area contributed by atoms with Gasteiger partial charge >= 0.3 is 0 Å². The van der Waals surface area contributed by atoms with Crippen molar-refractivity contribution in [1.82, 2.24) is 9.71 Å². The molecule has 1 heterocycles. The summed E-state index contributed by atoms with van der Waals surface area (Å²) < 4.78 is 26.9. The van der Waals surface area contributed by atoms with Crippen molar-refractivity contribution in [3.8, 4) is 6.07 Å². The van der Waals surface area contributed by atoms with Crippen LogP contribution in [0.4, 0.5) is 0 Å². The highest BCUT2D eigenvalue weighted by Crippen LogP contribution is 2.20. The average Bonchev–Trinajstić information content (AvgIpc) is 2.38. The summed E-state index contributed by atoms with van der Waals surface area (Å²) in [7, 11) is -3.57. The van der Waals surface area contributed by atoms with Gasteiger partial charge in [0, 0.05) is 12.7 Å². The molecule has 6 heteroatoms. The third-order valence-corrected chi connectivity index (χ3v) is 4.79. The number of pyridine rings is 1. The molecule has 0 spiro atoms. The number of hydrogen-bond acceptors (Lipinski definition) is 4. The molecule has 0 aliphatic heterocycles. The molecule has 0 aliphatic carbocycles. The molecule has 110 valence electrons. The van der Waals surface area contributed by atoms with Crippen molar-refractivity contribution in [2.75, 3.05) is 6.54 Å². The van der Waals surface area contributed by atoms with Crippen LogP contribution in [0.2, 0.25) is 0 Å². The fourth-order valence-corrected chi connectivity index (χ4v) is 3.15. The lowest BCUT2D eigenvalue weighted by Crippen LogP contribution is -2.34. The predicted octanol–water partition coefficient (Wildman–Crippen LogP) is 2.16. The Hall–Kier alpha value is -1.45. The van der Waals surface area contributed by atoms with E-state index in [1.807, 2.05) is 6.07 Å². The van der Waals surface area contributed by atoms with Crippen molar-refractivity contribution in [3.05, 3.63) is 24.0 Å². The Kier molecular flexibility index (Phi) is 5.66. The number of sulfonamides is 1. The summed E-state index contributed by atoms with van der Waals surface area (Å²) in [6.45, 7) is 8.74. The molecule has 0 atom stereocenters. The number of rotatable bonds is 6. The summed E-state index contributed by atoms with van der Waals surface area (Å²) in [4.78, 5) is 3.87. The van der Waals surface area contributed by atoms with E-state index in [1.54, 1.807) is 0 Å². The zero-order chi connectivity index (χ0) is 15.3. The molecule has 5 nitrogen and oxygen atoms in total. The van der Waals surface area contributed by atoms with Gasteiger partial charge in [-0.2, -0.15) is 5.26 Å². The molecular formula is C14H21N3O2S. The quantitative estimate of drug-likeness (QED) is 0.871. The second kappa shape index (κ2) is 6.82. The minimum Gasteiger partial charge on any atom is -0.244 e. The monoisotopic (exact) mass is 295 g/mol. The lowest BCUT2D eigenvalue weighted by molar-refractivity contribution is 0.289. The van der Waals surface area contributed by atoms with Crippen LogP contribution in [0.5, 0.6) is 0 Å². The maximum Gasteiger partial charge on any atom is 0.242 e. The zero-order valence-electron chi connectivity index (χ0n) is 12.3. The van der Waals surface area contributed by atoms with Gasteiger partial charge in [-0.1, -0.05) is 27.7 Å². The van der Waals surface area contributed by atoms with E-state index in [4.69, 9.17) is 5.26 Å². The van der Waals surface area contributed by atoms with Gasteiger partial charge in [-0.3, -0.25) is 0 Å². The van der Waals surface area contributed by atoms with Crippen molar-refractivity contribution < 1.29 is 8.42 Å². The lowest BCUT2D eigenvalue weighted by atomic mass is 9.86. The van der Waals surface area contributed by atoms with Crippen LogP contribution in [0.3, 0.4) is 0 Å². The van der Waals surface area contributed by atoms with Crippen LogP contribution < -0.4 is 4.72 Å². The Morgan fingerprint density at radius 2 is 1.85 bits per heavy atom. The van der Waals surface area contributed by atoms with Crippen molar-refractivity contribution in [3.63, 3.8) is 0 Å². The molecule has 0 aliphatic rings. The molecule has 0 saturated carbocycles. The van der Waals surface area contributed by atoms with Gasteiger partial charge in [0.05, 0.1) is 0 Å². The van der Waals surface area contributed by atoms with Crippen LogP contribution in [-0.4, -0.2) is 19.9 Å². The molecule has 1 N–H and O–H groups in total. The largest absolute Gasteiger partial charge is 0.244 e. The van der Waals surface area contributed by atoms with Crippen LogP contribution in [0.1, 0.15) is 33.4 Å². The molecule has 20 heavy (non-hydrogen) atoms. The van der Waals surface area contributed by atoms with Gasteiger partial charge in [-0.25, -0.2) is 18.1 Å². The molecule has 1 rings (SSSR count). The molecule has 1 aromatic heterocycles. The maximum atomic E-state index is 12.1. The first-order valence-corrected chi connectivity index (χ1v) is 8.12. The molecule has 0 saturated heterocycles. The molecule has 1 aromatic rings. The smallest absolute Gasteiger partial charge is 0.242 e. The number of nitrogens with one attached hydrogen (secondary N) is 1. The Bertz CT molecular complexity index is 563. The molecule has 0 fully saturated rings. The third kappa shape index (κ3) is 4.29. The van der Waals surface area contributed by atoms with Crippen LogP contribution in [-0.2, 0) is 10.0 Å². The standard InChI is InChI=1S/C14H21N3O2S/c1-10(2)14(11(3)4)9-17-20(18,19)13-6-5-12(7-15)16-8-13/h5-6,8,10-11,14,17H,9H2,1-4H3. The molecule has 0 bridgehead atoms. The minimum absolute atomic E-state index is 0.0859. The normalized spacial score (nSPS) is 12.1. The van der Waals surface area contributed by atoms with E-state index < -0.39 is 10.0 Å². The molecule has 0 aromatic carbocycles. The second-order valence-electron chi connectivity index (χ2n) is 5.49. The first kappa shape index (κ1) is 16.6. The minimum atomic E-state index is -3.57. The summed E-state index contributed by atoms with van der Waals surface area (Å²) in [5.74, 6) is 1.07. The fourth-order valence-electron chi connectivity index (χ4n) is 2.14. The van der Waals surface area contributed by atoms with E-state index in [0.717, 1.165) is 0 Å². The maximum absolute atomic E-state index is 12.1. The summed E-state index contributed by atoms with van der Waals surface area (Å²) in [6.07, 6.45) is 1.21. The SMILES string of the molecule is CC(C)C(CNS(=O)(=O)c1ccc(C#N)nc1)C(C)C.